The van der Waals surface area contributed by atoms with Crippen molar-refractivity contribution in [3.8, 4) is 0 Å². The Labute approximate surface area is 103 Å². The van der Waals surface area contributed by atoms with Crippen molar-refractivity contribution in [3.63, 3.8) is 0 Å². The van der Waals surface area contributed by atoms with E-state index in [2.05, 4.69) is 16.0 Å². The van der Waals surface area contributed by atoms with Crippen LogP contribution >= 0.6 is 9.47 Å². The van der Waals surface area contributed by atoms with Gasteiger partial charge >= 0.3 is 0 Å². The summed E-state index contributed by atoms with van der Waals surface area (Å²) in [6, 6.07) is 0. The molecule has 0 bridgehead atoms. The van der Waals surface area contributed by atoms with E-state index in [9.17, 15) is 0 Å². The summed E-state index contributed by atoms with van der Waals surface area (Å²) < 4.78 is 10.5. The van der Waals surface area contributed by atoms with Gasteiger partial charge in [0, 0.05) is 22.7 Å². The lowest BCUT2D eigenvalue weighted by Crippen LogP contribution is -1.97. The van der Waals surface area contributed by atoms with Crippen molar-refractivity contribution in [3.05, 3.63) is 12.7 Å². The maximum Gasteiger partial charge on any atom is 0.0501 e. The molecule has 0 rings (SSSR count). The van der Waals surface area contributed by atoms with Gasteiger partial charge in [-0.15, -0.1) is 6.58 Å². The Kier molecular flexibility index (Phi) is 15.2. The van der Waals surface area contributed by atoms with Gasteiger partial charge in [-0.1, -0.05) is 25.3 Å². The predicted octanol–water partition coefficient (Wildman–Crippen LogP) is 4.12. The van der Waals surface area contributed by atoms with Gasteiger partial charge in [-0.2, -0.15) is 0 Å². The quantitative estimate of drug-likeness (QED) is 0.276. The van der Waals surface area contributed by atoms with Gasteiger partial charge < -0.3 is 9.26 Å². The van der Waals surface area contributed by atoms with E-state index in [0.29, 0.717) is 0 Å². The van der Waals surface area contributed by atoms with Crippen molar-refractivity contribution >= 4 is 9.47 Å². The maximum atomic E-state index is 5.56. The molecule has 0 fully saturated rings. The molecule has 0 saturated carbocycles. The smallest absolute Gasteiger partial charge is 0.0501 e. The zero-order valence-corrected chi connectivity index (χ0v) is 11.6. The fourth-order valence-electron chi connectivity index (χ4n) is 1.51. The number of unbranched alkanes of at least 4 members (excludes halogenated alkanes) is 6. The van der Waals surface area contributed by atoms with E-state index in [4.69, 9.17) is 9.26 Å². The van der Waals surface area contributed by atoms with Crippen LogP contribution in [0.25, 0.3) is 0 Å². The molecule has 16 heavy (non-hydrogen) atoms. The molecule has 0 amide bonds. The van der Waals surface area contributed by atoms with E-state index >= 15 is 0 Å². The number of rotatable bonds is 13. The number of hydrogen-bond acceptors (Lipinski definition) is 2. The molecule has 2 nitrogen and oxygen atoms in total. The lowest BCUT2D eigenvalue weighted by atomic mass is 10.2. The van der Waals surface area contributed by atoms with Crippen molar-refractivity contribution in [2.45, 2.75) is 51.4 Å². The molecular formula is C13H27O2P. The highest BCUT2D eigenvalue weighted by Gasteiger charge is 1.92. The average Bonchev–Trinajstić information content (AvgIpc) is 2.31. The molecular weight excluding hydrogens is 219 g/mol. The number of allylic oxidation sites excluding steroid dienone is 1. The van der Waals surface area contributed by atoms with Crippen molar-refractivity contribution in [2.24, 2.45) is 0 Å². The zero-order valence-electron chi connectivity index (χ0n) is 10.5. The minimum absolute atomic E-state index is 0.856. The standard InChI is InChI=1S/C13H27O2P/c1-2-3-4-5-8-11-14-12-9-6-7-10-13-15-16/h2H,1,3-13,16H2. The Balaban J connectivity index is 2.85. The van der Waals surface area contributed by atoms with Crippen LogP contribution < -0.4 is 0 Å². The summed E-state index contributed by atoms with van der Waals surface area (Å²) in [5.41, 5.74) is 0. The largest absolute Gasteiger partial charge is 0.381 e. The van der Waals surface area contributed by atoms with Gasteiger partial charge in [0.05, 0.1) is 6.61 Å². The van der Waals surface area contributed by atoms with Crippen LogP contribution in [0.2, 0.25) is 0 Å². The van der Waals surface area contributed by atoms with Crippen LogP contribution in [0.1, 0.15) is 51.4 Å². The summed E-state index contributed by atoms with van der Waals surface area (Å²) in [4.78, 5) is 0. The first kappa shape index (κ1) is 16.1. The van der Waals surface area contributed by atoms with E-state index in [0.717, 1.165) is 32.7 Å². The third-order valence-electron chi connectivity index (χ3n) is 2.50. The van der Waals surface area contributed by atoms with Crippen LogP contribution in [0.5, 0.6) is 0 Å². The van der Waals surface area contributed by atoms with Crippen LogP contribution in [0.3, 0.4) is 0 Å². The highest BCUT2D eigenvalue weighted by molar-refractivity contribution is 7.09. The van der Waals surface area contributed by atoms with Crippen LogP contribution in [0.15, 0.2) is 12.7 Å². The second kappa shape index (κ2) is 15.1. The Bertz CT molecular complexity index is 140. The lowest BCUT2D eigenvalue weighted by Gasteiger charge is -2.04. The van der Waals surface area contributed by atoms with E-state index in [1.807, 2.05) is 6.08 Å². The second-order valence-corrected chi connectivity index (χ2v) is 4.37. The van der Waals surface area contributed by atoms with Gasteiger partial charge in [0.1, 0.15) is 0 Å². The van der Waals surface area contributed by atoms with Crippen molar-refractivity contribution in [2.75, 3.05) is 19.8 Å². The maximum absolute atomic E-state index is 5.56. The van der Waals surface area contributed by atoms with Crippen LogP contribution in [0.4, 0.5) is 0 Å². The molecule has 0 aliphatic heterocycles. The minimum atomic E-state index is 0.856. The summed E-state index contributed by atoms with van der Waals surface area (Å²) in [6.45, 7) is 6.41. The molecule has 0 aliphatic carbocycles. The first-order valence-electron chi connectivity index (χ1n) is 6.42. The molecule has 0 heterocycles. The zero-order chi connectivity index (χ0) is 11.9. The molecule has 3 heteroatoms. The summed E-state index contributed by atoms with van der Waals surface area (Å²) >= 11 is 0. The summed E-state index contributed by atoms with van der Waals surface area (Å²) in [5.74, 6) is 0. The summed E-state index contributed by atoms with van der Waals surface area (Å²) in [5, 5.41) is 0. The molecule has 0 aliphatic rings. The number of ether oxygens (including phenoxy) is 1. The van der Waals surface area contributed by atoms with Crippen molar-refractivity contribution < 1.29 is 9.26 Å². The Morgan fingerprint density at radius 2 is 1.38 bits per heavy atom. The summed E-state index contributed by atoms with van der Waals surface area (Å²) in [7, 11) is 2.29. The third-order valence-corrected chi connectivity index (χ3v) is 2.73. The van der Waals surface area contributed by atoms with Gasteiger partial charge in [0.2, 0.25) is 0 Å². The molecule has 0 saturated heterocycles. The van der Waals surface area contributed by atoms with Gasteiger partial charge in [-0.3, -0.25) is 0 Å². The molecule has 0 N–H and O–H groups in total. The molecule has 96 valence electrons. The first-order chi connectivity index (χ1) is 7.91. The number of hydrogen-bond donors (Lipinski definition) is 0. The van der Waals surface area contributed by atoms with Crippen molar-refractivity contribution in [1.29, 1.82) is 0 Å². The predicted molar refractivity (Wildman–Crippen MR) is 73.6 cm³/mol. The second-order valence-electron chi connectivity index (χ2n) is 4.04. The SMILES string of the molecule is C=CCCCCCOCCCCCCOP. The Morgan fingerprint density at radius 1 is 0.812 bits per heavy atom. The monoisotopic (exact) mass is 246 g/mol. The first-order valence-corrected chi connectivity index (χ1v) is 6.89. The molecule has 0 aromatic rings. The van der Waals surface area contributed by atoms with E-state index in [-0.39, 0.29) is 0 Å². The molecule has 1 unspecified atom stereocenters. The van der Waals surface area contributed by atoms with Gasteiger partial charge in [0.25, 0.3) is 0 Å². The normalized spacial score (nSPS) is 10.6. The fraction of sp³-hybridized carbons (Fsp3) is 0.846. The fourth-order valence-corrected chi connectivity index (χ4v) is 1.68. The molecule has 0 aromatic heterocycles. The van der Waals surface area contributed by atoms with E-state index < -0.39 is 0 Å². The molecule has 0 radical (unpaired) electrons. The van der Waals surface area contributed by atoms with Crippen LogP contribution in [0, 0.1) is 0 Å². The minimum Gasteiger partial charge on any atom is -0.381 e. The van der Waals surface area contributed by atoms with Crippen LogP contribution in [-0.4, -0.2) is 19.8 Å². The highest BCUT2D eigenvalue weighted by Crippen LogP contribution is 2.03. The molecule has 0 aromatic carbocycles. The average molecular weight is 246 g/mol. The molecule has 1 atom stereocenters. The molecule has 0 spiro atoms. The van der Waals surface area contributed by atoms with Gasteiger partial charge in [-0.25, -0.2) is 0 Å². The van der Waals surface area contributed by atoms with Crippen LogP contribution in [-0.2, 0) is 9.26 Å². The highest BCUT2D eigenvalue weighted by atomic mass is 31.0. The topological polar surface area (TPSA) is 18.5 Å². The van der Waals surface area contributed by atoms with E-state index in [1.165, 1.54) is 38.5 Å². The summed E-state index contributed by atoms with van der Waals surface area (Å²) in [6.07, 6.45) is 11.7. The third kappa shape index (κ3) is 14.1. The Morgan fingerprint density at radius 3 is 1.94 bits per heavy atom. The Hall–Kier alpha value is 0.0900. The lowest BCUT2D eigenvalue weighted by molar-refractivity contribution is 0.125. The van der Waals surface area contributed by atoms with Gasteiger partial charge in [0.15, 0.2) is 0 Å². The van der Waals surface area contributed by atoms with Crippen molar-refractivity contribution in [1.82, 2.24) is 0 Å². The van der Waals surface area contributed by atoms with Gasteiger partial charge in [-0.05, 0) is 32.1 Å². The van der Waals surface area contributed by atoms with E-state index in [1.54, 1.807) is 0 Å².